The van der Waals surface area contributed by atoms with Crippen LogP contribution < -0.4 is 5.32 Å². The highest BCUT2D eigenvalue weighted by molar-refractivity contribution is 5.58. The molecule has 0 aromatic heterocycles. The Bertz CT molecular complexity index is 468. The molecular weight excluding hydrogens is 234 g/mol. The smallest absolute Gasteiger partial charge is 0.287 e. The molecule has 0 amide bonds. The van der Waals surface area contributed by atoms with Gasteiger partial charge in [-0.25, -0.2) is 0 Å². The average Bonchev–Trinajstić information content (AvgIpc) is 2.35. The number of nitrogens with one attached hydrogen (secondary N) is 1. The van der Waals surface area contributed by atoms with Crippen LogP contribution in [0.1, 0.15) is 19.4 Å². The Morgan fingerprint density at radius 3 is 2.89 bits per heavy atom. The van der Waals surface area contributed by atoms with E-state index in [-0.39, 0.29) is 17.3 Å². The monoisotopic (exact) mass is 249 g/mol. The minimum atomic E-state index is -0.564. The molecular formula is C12H15N3O3. The standard InChI is InChI=1S/C12H15N3O3/c1-3-18-8-9(2)14-11-4-5-12(15(16)17)10(6-11)7-13/h4-6,9,14H,3,8H2,1-2H3. The summed E-state index contributed by atoms with van der Waals surface area (Å²) in [6.45, 7) is 5.01. The van der Waals surface area contributed by atoms with E-state index in [9.17, 15) is 10.1 Å². The zero-order chi connectivity index (χ0) is 13.5. The molecule has 18 heavy (non-hydrogen) atoms. The Hall–Kier alpha value is -2.13. The van der Waals surface area contributed by atoms with Crippen molar-refractivity contribution < 1.29 is 9.66 Å². The zero-order valence-electron chi connectivity index (χ0n) is 10.3. The van der Waals surface area contributed by atoms with Crippen LogP contribution >= 0.6 is 0 Å². The maximum atomic E-state index is 10.7. The van der Waals surface area contributed by atoms with E-state index in [1.807, 2.05) is 19.9 Å². The topological polar surface area (TPSA) is 88.2 Å². The van der Waals surface area contributed by atoms with Gasteiger partial charge in [0.1, 0.15) is 11.6 Å². The normalized spacial score (nSPS) is 11.6. The van der Waals surface area contributed by atoms with Gasteiger partial charge in [-0.15, -0.1) is 0 Å². The number of rotatable bonds is 6. The number of nitrogens with zero attached hydrogens (tertiary/aromatic N) is 2. The molecule has 1 aromatic rings. The number of nitro groups is 1. The molecule has 0 aliphatic heterocycles. The van der Waals surface area contributed by atoms with Crippen molar-refractivity contribution in [2.45, 2.75) is 19.9 Å². The molecule has 1 N–H and O–H groups in total. The van der Waals surface area contributed by atoms with E-state index in [4.69, 9.17) is 10.00 Å². The van der Waals surface area contributed by atoms with Crippen LogP contribution in [0.2, 0.25) is 0 Å². The van der Waals surface area contributed by atoms with Crippen LogP contribution in [0.15, 0.2) is 18.2 Å². The third-order valence-electron chi connectivity index (χ3n) is 2.30. The van der Waals surface area contributed by atoms with Crippen molar-refractivity contribution in [2.24, 2.45) is 0 Å². The fraction of sp³-hybridized carbons (Fsp3) is 0.417. The summed E-state index contributed by atoms with van der Waals surface area (Å²) in [5.74, 6) is 0. The van der Waals surface area contributed by atoms with Crippen molar-refractivity contribution >= 4 is 11.4 Å². The number of hydrogen-bond donors (Lipinski definition) is 1. The summed E-state index contributed by atoms with van der Waals surface area (Å²) in [4.78, 5) is 10.1. The van der Waals surface area contributed by atoms with Crippen molar-refractivity contribution in [1.82, 2.24) is 0 Å². The molecule has 1 rings (SSSR count). The van der Waals surface area contributed by atoms with Gasteiger partial charge in [0.2, 0.25) is 0 Å². The third kappa shape index (κ3) is 3.71. The van der Waals surface area contributed by atoms with Gasteiger partial charge in [-0.3, -0.25) is 10.1 Å². The lowest BCUT2D eigenvalue weighted by Crippen LogP contribution is -2.21. The summed E-state index contributed by atoms with van der Waals surface area (Å²) < 4.78 is 5.25. The van der Waals surface area contributed by atoms with Crippen LogP contribution in [0.3, 0.4) is 0 Å². The number of nitro benzene ring substituents is 1. The molecule has 1 atom stereocenters. The number of anilines is 1. The van der Waals surface area contributed by atoms with Gasteiger partial charge in [0.25, 0.3) is 5.69 Å². The summed E-state index contributed by atoms with van der Waals surface area (Å²) in [5.41, 5.74) is 0.540. The Labute approximate surface area is 105 Å². The highest BCUT2D eigenvalue weighted by atomic mass is 16.6. The van der Waals surface area contributed by atoms with E-state index >= 15 is 0 Å². The molecule has 0 aliphatic carbocycles. The van der Waals surface area contributed by atoms with Crippen LogP contribution in [0.25, 0.3) is 0 Å². The lowest BCUT2D eigenvalue weighted by molar-refractivity contribution is -0.385. The first-order valence-electron chi connectivity index (χ1n) is 5.61. The second-order valence-corrected chi connectivity index (χ2v) is 3.81. The van der Waals surface area contributed by atoms with Gasteiger partial charge in [0, 0.05) is 24.4 Å². The molecule has 96 valence electrons. The van der Waals surface area contributed by atoms with Crippen LogP contribution in [0.5, 0.6) is 0 Å². The molecule has 1 unspecified atom stereocenters. The number of ether oxygens (including phenoxy) is 1. The van der Waals surface area contributed by atoms with Crippen LogP contribution in [0.4, 0.5) is 11.4 Å². The molecule has 1 aromatic carbocycles. The predicted octanol–water partition coefficient (Wildman–Crippen LogP) is 2.30. The summed E-state index contributed by atoms with van der Waals surface area (Å²) in [6.07, 6.45) is 0. The second-order valence-electron chi connectivity index (χ2n) is 3.81. The Kier molecular flexibility index (Phi) is 5.08. The quantitative estimate of drug-likeness (QED) is 0.617. The molecule has 0 saturated heterocycles. The van der Waals surface area contributed by atoms with E-state index in [1.165, 1.54) is 12.1 Å². The molecule has 0 aliphatic rings. The van der Waals surface area contributed by atoms with E-state index in [0.717, 1.165) is 0 Å². The fourth-order valence-corrected chi connectivity index (χ4v) is 1.50. The van der Waals surface area contributed by atoms with Crippen molar-refractivity contribution in [3.05, 3.63) is 33.9 Å². The van der Waals surface area contributed by atoms with Crippen molar-refractivity contribution in [3.63, 3.8) is 0 Å². The first-order chi connectivity index (χ1) is 8.58. The Morgan fingerprint density at radius 1 is 1.61 bits per heavy atom. The largest absolute Gasteiger partial charge is 0.380 e. The van der Waals surface area contributed by atoms with Gasteiger partial charge >= 0.3 is 0 Å². The number of nitriles is 1. The third-order valence-corrected chi connectivity index (χ3v) is 2.30. The highest BCUT2D eigenvalue weighted by Crippen LogP contribution is 2.22. The molecule has 0 spiro atoms. The lowest BCUT2D eigenvalue weighted by atomic mass is 10.1. The molecule has 0 bridgehead atoms. The van der Waals surface area contributed by atoms with Crippen LogP contribution in [-0.4, -0.2) is 24.2 Å². The van der Waals surface area contributed by atoms with Crippen molar-refractivity contribution in [2.75, 3.05) is 18.5 Å². The Balaban J connectivity index is 2.80. The van der Waals surface area contributed by atoms with Gasteiger partial charge < -0.3 is 10.1 Å². The molecule has 0 radical (unpaired) electrons. The summed E-state index contributed by atoms with van der Waals surface area (Å²) >= 11 is 0. The van der Waals surface area contributed by atoms with Gasteiger partial charge in [-0.05, 0) is 26.0 Å². The molecule has 0 fully saturated rings. The first-order valence-corrected chi connectivity index (χ1v) is 5.61. The van der Waals surface area contributed by atoms with Gasteiger partial charge in [-0.1, -0.05) is 0 Å². The van der Waals surface area contributed by atoms with E-state index in [2.05, 4.69) is 5.32 Å². The summed E-state index contributed by atoms with van der Waals surface area (Å²) in [5, 5.41) is 22.6. The predicted molar refractivity (Wildman–Crippen MR) is 67.4 cm³/mol. The summed E-state index contributed by atoms with van der Waals surface area (Å²) in [6, 6.07) is 6.27. The first kappa shape index (κ1) is 13.9. The zero-order valence-corrected chi connectivity index (χ0v) is 10.3. The van der Waals surface area contributed by atoms with Crippen LogP contribution in [0, 0.1) is 21.4 Å². The maximum Gasteiger partial charge on any atom is 0.287 e. The Morgan fingerprint density at radius 2 is 2.33 bits per heavy atom. The number of benzene rings is 1. The molecule has 6 nitrogen and oxygen atoms in total. The van der Waals surface area contributed by atoms with Crippen LogP contribution in [-0.2, 0) is 4.74 Å². The minimum absolute atomic E-state index is 0.0496. The minimum Gasteiger partial charge on any atom is -0.380 e. The highest BCUT2D eigenvalue weighted by Gasteiger charge is 2.14. The summed E-state index contributed by atoms with van der Waals surface area (Å²) in [7, 11) is 0. The second kappa shape index (κ2) is 6.57. The SMILES string of the molecule is CCOCC(C)Nc1ccc([N+](=O)[O-])c(C#N)c1. The van der Waals surface area contributed by atoms with Gasteiger partial charge in [0.05, 0.1) is 11.5 Å². The van der Waals surface area contributed by atoms with Gasteiger partial charge in [-0.2, -0.15) is 5.26 Å². The van der Waals surface area contributed by atoms with E-state index < -0.39 is 4.92 Å². The van der Waals surface area contributed by atoms with E-state index in [1.54, 1.807) is 6.07 Å². The fourth-order valence-electron chi connectivity index (χ4n) is 1.50. The maximum absolute atomic E-state index is 10.7. The average molecular weight is 249 g/mol. The lowest BCUT2D eigenvalue weighted by Gasteiger charge is -2.15. The van der Waals surface area contributed by atoms with Crippen molar-refractivity contribution in [1.29, 1.82) is 5.26 Å². The molecule has 6 heteroatoms. The number of hydrogen-bond acceptors (Lipinski definition) is 5. The van der Waals surface area contributed by atoms with E-state index in [0.29, 0.717) is 18.9 Å². The van der Waals surface area contributed by atoms with Crippen molar-refractivity contribution in [3.8, 4) is 6.07 Å². The molecule has 0 saturated carbocycles. The van der Waals surface area contributed by atoms with Gasteiger partial charge in [0.15, 0.2) is 0 Å². The molecule has 0 heterocycles.